The van der Waals surface area contributed by atoms with E-state index in [1.165, 1.54) is 43.7 Å². The summed E-state index contributed by atoms with van der Waals surface area (Å²) in [5, 5.41) is 3.73. The van der Waals surface area contributed by atoms with Crippen LogP contribution in [0.4, 0.5) is 0 Å². The minimum absolute atomic E-state index is 0.458. The molecule has 3 nitrogen and oxygen atoms in total. The van der Waals surface area contributed by atoms with Gasteiger partial charge in [-0.15, -0.1) is 0 Å². The highest BCUT2D eigenvalue weighted by molar-refractivity contribution is 5.25. The summed E-state index contributed by atoms with van der Waals surface area (Å²) in [5.41, 5.74) is 2.85. The van der Waals surface area contributed by atoms with E-state index in [-0.39, 0.29) is 0 Å². The molecule has 1 atom stereocenters. The van der Waals surface area contributed by atoms with Crippen molar-refractivity contribution < 1.29 is 0 Å². The second-order valence-electron chi connectivity index (χ2n) is 6.21. The standard InChI is InChI=1S/C18H31N3/c1-4-10-19-18(15-21-13-11-20(3)12-14-21)17-8-6-16(5-2)7-9-17/h6-9,18-19H,4-5,10-15H2,1-3H3. The fourth-order valence-electron chi connectivity index (χ4n) is 2.88. The fourth-order valence-corrected chi connectivity index (χ4v) is 2.88. The van der Waals surface area contributed by atoms with E-state index in [0.29, 0.717) is 6.04 Å². The Kier molecular flexibility index (Phi) is 6.68. The quantitative estimate of drug-likeness (QED) is 0.832. The SMILES string of the molecule is CCCNC(CN1CCN(C)CC1)c1ccc(CC)cc1. The van der Waals surface area contributed by atoms with Gasteiger partial charge in [-0.05, 0) is 37.6 Å². The van der Waals surface area contributed by atoms with E-state index >= 15 is 0 Å². The van der Waals surface area contributed by atoms with Gasteiger partial charge in [-0.1, -0.05) is 38.1 Å². The molecule has 118 valence electrons. The van der Waals surface area contributed by atoms with Crippen molar-refractivity contribution in [1.82, 2.24) is 15.1 Å². The molecule has 0 bridgehead atoms. The largest absolute Gasteiger partial charge is 0.309 e. The van der Waals surface area contributed by atoms with E-state index in [1.807, 2.05) is 0 Å². The zero-order valence-electron chi connectivity index (χ0n) is 13.9. The van der Waals surface area contributed by atoms with Crippen LogP contribution in [0, 0.1) is 0 Å². The van der Waals surface area contributed by atoms with Gasteiger partial charge in [0.05, 0.1) is 0 Å². The van der Waals surface area contributed by atoms with Gasteiger partial charge in [0.1, 0.15) is 0 Å². The van der Waals surface area contributed by atoms with Crippen molar-refractivity contribution in [3.63, 3.8) is 0 Å². The molecule has 1 aromatic rings. The maximum absolute atomic E-state index is 3.73. The Balaban J connectivity index is 1.99. The molecule has 1 N–H and O–H groups in total. The maximum Gasteiger partial charge on any atom is 0.0449 e. The number of piperazine rings is 1. The summed E-state index contributed by atoms with van der Waals surface area (Å²) in [5.74, 6) is 0. The minimum Gasteiger partial charge on any atom is -0.309 e. The zero-order valence-corrected chi connectivity index (χ0v) is 13.9. The summed E-state index contributed by atoms with van der Waals surface area (Å²) in [4.78, 5) is 5.02. The molecule has 0 saturated carbocycles. The van der Waals surface area contributed by atoms with Gasteiger partial charge in [-0.25, -0.2) is 0 Å². The normalized spacial score (nSPS) is 18.8. The van der Waals surface area contributed by atoms with Gasteiger partial charge in [0.2, 0.25) is 0 Å². The molecule has 3 heteroatoms. The Morgan fingerprint density at radius 1 is 1.05 bits per heavy atom. The van der Waals surface area contributed by atoms with Crippen molar-refractivity contribution in [2.24, 2.45) is 0 Å². The number of benzene rings is 1. The van der Waals surface area contributed by atoms with Crippen LogP contribution < -0.4 is 5.32 Å². The molecule has 21 heavy (non-hydrogen) atoms. The molecule has 1 aliphatic heterocycles. The van der Waals surface area contributed by atoms with Crippen LogP contribution >= 0.6 is 0 Å². The van der Waals surface area contributed by atoms with E-state index in [4.69, 9.17) is 0 Å². The lowest BCUT2D eigenvalue weighted by atomic mass is 10.0. The molecule has 0 spiro atoms. The van der Waals surface area contributed by atoms with Crippen molar-refractivity contribution >= 4 is 0 Å². The lowest BCUT2D eigenvalue weighted by molar-refractivity contribution is 0.142. The summed E-state index contributed by atoms with van der Waals surface area (Å²) in [6.45, 7) is 11.4. The Morgan fingerprint density at radius 3 is 2.29 bits per heavy atom. The molecular weight excluding hydrogens is 258 g/mol. The second kappa shape index (κ2) is 8.52. The molecule has 0 aromatic heterocycles. The first-order chi connectivity index (χ1) is 10.2. The van der Waals surface area contributed by atoms with Crippen LogP contribution in [-0.2, 0) is 6.42 Å². The van der Waals surface area contributed by atoms with E-state index in [9.17, 15) is 0 Å². The third kappa shape index (κ3) is 5.10. The van der Waals surface area contributed by atoms with E-state index < -0.39 is 0 Å². The third-order valence-corrected chi connectivity index (χ3v) is 4.47. The molecule has 1 aromatic carbocycles. The summed E-state index contributed by atoms with van der Waals surface area (Å²) in [6.07, 6.45) is 2.30. The number of nitrogens with zero attached hydrogens (tertiary/aromatic N) is 2. The predicted molar refractivity (Wildman–Crippen MR) is 90.8 cm³/mol. The average molecular weight is 289 g/mol. The van der Waals surface area contributed by atoms with Gasteiger partial charge in [0.25, 0.3) is 0 Å². The topological polar surface area (TPSA) is 18.5 Å². The van der Waals surface area contributed by atoms with Crippen LogP contribution in [0.15, 0.2) is 24.3 Å². The van der Waals surface area contributed by atoms with Crippen LogP contribution in [0.3, 0.4) is 0 Å². The second-order valence-corrected chi connectivity index (χ2v) is 6.21. The van der Waals surface area contributed by atoms with Crippen molar-refractivity contribution in [1.29, 1.82) is 0 Å². The average Bonchev–Trinajstić information content (AvgIpc) is 2.53. The molecule has 0 aliphatic carbocycles. The summed E-state index contributed by atoms with van der Waals surface area (Å²) in [7, 11) is 2.22. The van der Waals surface area contributed by atoms with Gasteiger partial charge in [0.15, 0.2) is 0 Å². The summed E-state index contributed by atoms with van der Waals surface area (Å²) in [6, 6.07) is 9.63. The van der Waals surface area contributed by atoms with Crippen LogP contribution in [0.1, 0.15) is 37.4 Å². The van der Waals surface area contributed by atoms with Crippen molar-refractivity contribution in [3.05, 3.63) is 35.4 Å². The lowest BCUT2D eigenvalue weighted by Crippen LogP contribution is -2.47. The maximum atomic E-state index is 3.73. The number of nitrogens with one attached hydrogen (secondary N) is 1. The predicted octanol–water partition coefficient (Wildman–Crippen LogP) is 2.54. The van der Waals surface area contributed by atoms with Gasteiger partial charge in [-0.3, -0.25) is 4.90 Å². The summed E-state index contributed by atoms with van der Waals surface area (Å²) >= 11 is 0. The van der Waals surface area contributed by atoms with Gasteiger partial charge < -0.3 is 10.2 Å². The minimum atomic E-state index is 0.458. The molecule has 1 aliphatic rings. The van der Waals surface area contributed by atoms with Crippen LogP contribution in [-0.4, -0.2) is 56.1 Å². The van der Waals surface area contributed by atoms with E-state index in [0.717, 1.165) is 19.5 Å². The number of likely N-dealkylation sites (N-methyl/N-ethyl adjacent to an activating group) is 1. The first-order valence-electron chi connectivity index (χ1n) is 8.46. The molecule has 1 heterocycles. The van der Waals surface area contributed by atoms with Crippen LogP contribution in [0.2, 0.25) is 0 Å². The number of aryl methyl sites for hydroxylation is 1. The molecule has 0 radical (unpaired) electrons. The van der Waals surface area contributed by atoms with Crippen LogP contribution in [0.25, 0.3) is 0 Å². The smallest absolute Gasteiger partial charge is 0.0449 e. The number of rotatable bonds is 7. The first-order valence-corrected chi connectivity index (χ1v) is 8.46. The third-order valence-electron chi connectivity index (χ3n) is 4.47. The Bertz CT molecular complexity index is 393. The fraction of sp³-hybridized carbons (Fsp3) is 0.667. The molecule has 1 saturated heterocycles. The Labute approximate surface area is 130 Å². The Hall–Kier alpha value is -0.900. The van der Waals surface area contributed by atoms with Crippen LogP contribution in [0.5, 0.6) is 0 Å². The van der Waals surface area contributed by atoms with E-state index in [1.54, 1.807) is 0 Å². The molecule has 1 fully saturated rings. The van der Waals surface area contributed by atoms with E-state index in [2.05, 4.69) is 60.3 Å². The highest BCUT2D eigenvalue weighted by atomic mass is 15.3. The van der Waals surface area contributed by atoms with Gasteiger partial charge in [0, 0.05) is 38.8 Å². The first kappa shape index (κ1) is 16.5. The number of hydrogen-bond acceptors (Lipinski definition) is 3. The monoisotopic (exact) mass is 289 g/mol. The van der Waals surface area contributed by atoms with Crippen molar-refractivity contribution in [2.45, 2.75) is 32.7 Å². The van der Waals surface area contributed by atoms with Crippen molar-refractivity contribution in [3.8, 4) is 0 Å². The zero-order chi connectivity index (χ0) is 15.1. The van der Waals surface area contributed by atoms with Gasteiger partial charge >= 0.3 is 0 Å². The highest BCUT2D eigenvalue weighted by Crippen LogP contribution is 2.17. The molecule has 2 rings (SSSR count). The lowest BCUT2D eigenvalue weighted by Gasteiger charge is -2.35. The Morgan fingerprint density at radius 2 is 1.71 bits per heavy atom. The number of hydrogen-bond donors (Lipinski definition) is 1. The van der Waals surface area contributed by atoms with Gasteiger partial charge in [-0.2, -0.15) is 0 Å². The highest BCUT2D eigenvalue weighted by Gasteiger charge is 2.19. The molecule has 1 unspecified atom stereocenters. The molecule has 0 amide bonds. The van der Waals surface area contributed by atoms with Crippen molar-refractivity contribution in [2.75, 3.05) is 46.3 Å². The molecular formula is C18H31N3. The summed E-state index contributed by atoms with van der Waals surface area (Å²) < 4.78 is 0.